The number of halogens is 1. The van der Waals surface area contributed by atoms with Crippen LogP contribution in [0, 0.1) is 5.82 Å². The number of fused-ring (bicyclic) bond motifs is 1. The number of amides is 1. The molecule has 3 rings (SSSR count). The predicted molar refractivity (Wildman–Crippen MR) is 91.8 cm³/mol. The number of rotatable bonds is 5. The molecule has 1 fully saturated rings. The van der Waals surface area contributed by atoms with Gasteiger partial charge in [0.1, 0.15) is 5.82 Å². The molecule has 1 aliphatic rings. The molecule has 3 N–H and O–H groups in total. The van der Waals surface area contributed by atoms with Crippen molar-refractivity contribution >= 4 is 17.1 Å². The van der Waals surface area contributed by atoms with Crippen molar-refractivity contribution in [3.05, 3.63) is 29.7 Å². The Labute approximate surface area is 149 Å². The highest BCUT2D eigenvalue weighted by Crippen LogP contribution is 2.22. The van der Waals surface area contributed by atoms with Crippen LogP contribution in [0.15, 0.2) is 18.3 Å². The third-order valence-electron chi connectivity index (χ3n) is 4.60. The van der Waals surface area contributed by atoms with Gasteiger partial charge in [-0.1, -0.05) is 0 Å². The number of nitrogens with zero attached hydrogens (tertiary/aromatic N) is 3. The Kier molecular flexibility index (Phi) is 5.48. The molecule has 0 bridgehead atoms. The number of aromatic nitrogens is 2. The van der Waals surface area contributed by atoms with Crippen LogP contribution in [-0.2, 0) is 6.42 Å². The van der Waals surface area contributed by atoms with Gasteiger partial charge in [0.2, 0.25) is 5.88 Å². The van der Waals surface area contributed by atoms with Gasteiger partial charge >= 0.3 is 6.09 Å². The van der Waals surface area contributed by atoms with Crippen LogP contribution in [0.5, 0.6) is 5.88 Å². The fraction of sp³-hybridized carbons (Fsp3) is 0.471. The summed E-state index contributed by atoms with van der Waals surface area (Å²) in [4.78, 5) is 21.1. The number of methoxy groups -OCH3 is 1. The molecule has 0 aromatic carbocycles. The molecule has 1 aliphatic heterocycles. The quantitative estimate of drug-likeness (QED) is 0.727. The van der Waals surface area contributed by atoms with Crippen LogP contribution in [0.4, 0.5) is 9.18 Å². The van der Waals surface area contributed by atoms with Crippen molar-refractivity contribution in [2.75, 3.05) is 26.7 Å². The lowest BCUT2D eigenvalue weighted by molar-refractivity contribution is 0.0412. The van der Waals surface area contributed by atoms with Gasteiger partial charge in [-0.25, -0.2) is 14.2 Å². The van der Waals surface area contributed by atoms with Crippen LogP contribution >= 0.6 is 0 Å². The minimum absolute atomic E-state index is 0.326. The van der Waals surface area contributed by atoms with Gasteiger partial charge in [0.25, 0.3) is 0 Å². The average Bonchev–Trinajstić information content (AvgIpc) is 2.62. The van der Waals surface area contributed by atoms with Crippen LogP contribution in [0.3, 0.4) is 0 Å². The molecule has 0 saturated carbocycles. The molecule has 26 heavy (non-hydrogen) atoms. The normalized spacial score (nSPS) is 20.9. The zero-order valence-corrected chi connectivity index (χ0v) is 14.4. The maximum absolute atomic E-state index is 14.3. The lowest BCUT2D eigenvalue weighted by Crippen LogP contribution is -2.54. The Morgan fingerprint density at radius 3 is 3.00 bits per heavy atom. The molecule has 2 atom stereocenters. The molecule has 3 heterocycles. The van der Waals surface area contributed by atoms with Gasteiger partial charge in [0, 0.05) is 31.3 Å². The maximum atomic E-state index is 14.3. The minimum Gasteiger partial charge on any atom is -0.481 e. The molecule has 1 amide bonds. The summed E-state index contributed by atoms with van der Waals surface area (Å²) in [7, 11) is 1.50. The van der Waals surface area contributed by atoms with E-state index in [4.69, 9.17) is 9.84 Å². The van der Waals surface area contributed by atoms with Crippen LogP contribution < -0.4 is 10.1 Å². The van der Waals surface area contributed by atoms with Gasteiger partial charge < -0.3 is 25.2 Å². The molecular weight excluding hydrogens is 343 g/mol. The number of nitrogens with one attached hydrogen (secondary N) is 1. The molecule has 0 radical (unpaired) electrons. The van der Waals surface area contributed by atoms with E-state index in [1.54, 1.807) is 12.1 Å². The first-order valence-corrected chi connectivity index (χ1v) is 8.36. The lowest BCUT2D eigenvalue weighted by atomic mass is 10.0. The number of hydrogen-bond acceptors (Lipinski definition) is 6. The number of hydrogen-bond donors (Lipinski definition) is 3. The van der Waals surface area contributed by atoms with Gasteiger partial charge in [-0.15, -0.1) is 0 Å². The lowest BCUT2D eigenvalue weighted by Gasteiger charge is -2.35. The number of pyridine rings is 2. The highest BCUT2D eigenvalue weighted by atomic mass is 19.1. The Morgan fingerprint density at radius 2 is 2.31 bits per heavy atom. The van der Waals surface area contributed by atoms with E-state index in [0.29, 0.717) is 55.0 Å². The topological polar surface area (TPSA) is 108 Å². The number of carbonyl (C=O) groups is 1. The van der Waals surface area contributed by atoms with Gasteiger partial charge in [-0.05, 0) is 18.9 Å². The number of β-amino-alcohol motifs (C(OH)–C–C–N with tert-alkyl or cyclic N) is 1. The molecule has 2 aromatic heterocycles. The predicted octanol–water partition coefficient (Wildman–Crippen LogP) is 1.02. The molecular formula is C17H21FN4O4. The molecule has 0 unspecified atom stereocenters. The minimum atomic E-state index is -1.15. The van der Waals surface area contributed by atoms with Crippen LogP contribution in [0.2, 0.25) is 0 Å². The summed E-state index contributed by atoms with van der Waals surface area (Å²) in [5.41, 5.74) is 1.51. The largest absolute Gasteiger partial charge is 0.481 e. The van der Waals surface area contributed by atoms with Crippen molar-refractivity contribution in [3.63, 3.8) is 0 Å². The Bertz CT molecular complexity index is 804. The standard InChI is InChI=1S/C17H21FN4O4/c1-26-15-3-2-13-16(21-15)10(11(18)8-19-13)4-6-22-7-5-12(14(23)9-22)20-17(24)25/h2-3,8,12,14,20,23H,4-7,9H2,1H3,(H,24,25)/t12-,14-/m0/s1. The molecule has 2 aromatic rings. The average molecular weight is 364 g/mol. The zero-order valence-electron chi connectivity index (χ0n) is 14.4. The second kappa shape index (κ2) is 7.79. The third-order valence-corrected chi connectivity index (χ3v) is 4.60. The van der Waals surface area contributed by atoms with E-state index in [1.165, 1.54) is 13.3 Å². The van der Waals surface area contributed by atoms with E-state index in [2.05, 4.69) is 15.3 Å². The second-order valence-electron chi connectivity index (χ2n) is 6.27. The fourth-order valence-electron chi connectivity index (χ4n) is 3.23. The highest BCUT2D eigenvalue weighted by Gasteiger charge is 2.28. The van der Waals surface area contributed by atoms with Gasteiger partial charge in [-0.3, -0.25) is 4.98 Å². The van der Waals surface area contributed by atoms with Crippen molar-refractivity contribution in [3.8, 4) is 5.88 Å². The number of aliphatic hydroxyl groups is 1. The van der Waals surface area contributed by atoms with E-state index in [0.717, 1.165) is 0 Å². The Morgan fingerprint density at radius 1 is 1.50 bits per heavy atom. The monoisotopic (exact) mass is 364 g/mol. The second-order valence-corrected chi connectivity index (χ2v) is 6.27. The van der Waals surface area contributed by atoms with Gasteiger partial charge in [0.05, 0.1) is 36.5 Å². The molecule has 9 heteroatoms. The van der Waals surface area contributed by atoms with Gasteiger partial charge in [-0.2, -0.15) is 0 Å². The SMILES string of the molecule is COc1ccc2ncc(F)c(CCN3CC[C@H](NC(=O)O)[C@@H](O)C3)c2n1. The maximum Gasteiger partial charge on any atom is 0.404 e. The van der Waals surface area contributed by atoms with E-state index in [-0.39, 0.29) is 0 Å². The van der Waals surface area contributed by atoms with Crippen LogP contribution in [0.25, 0.3) is 11.0 Å². The smallest absolute Gasteiger partial charge is 0.404 e. The number of ether oxygens (including phenoxy) is 1. The van der Waals surface area contributed by atoms with E-state index in [9.17, 15) is 14.3 Å². The van der Waals surface area contributed by atoms with Crippen molar-refractivity contribution in [2.45, 2.75) is 25.0 Å². The molecule has 1 saturated heterocycles. The summed E-state index contributed by atoms with van der Waals surface area (Å²) >= 11 is 0. The summed E-state index contributed by atoms with van der Waals surface area (Å²) < 4.78 is 19.4. The first kappa shape index (κ1) is 18.3. The van der Waals surface area contributed by atoms with Crippen LogP contribution in [-0.4, -0.2) is 70.1 Å². The summed E-state index contributed by atoms with van der Waals surface area (Å²) in [5, 5.41) is 21.2. The summed E-state index contributed by atoms with van der Waals surface area (Å²) in [6.07, 6.45) is 0.141. The number of likely N-dealkylation sites (tertiary alicyclic amines) is 1. The van der Waals surface area contributed by atoms with E-state index < -0.39 is 24.1 Å². The number of carboxylic acid groups (broad SMARTS) is 1. The van der Waals surface area contributed by atoms with Crippen molar-refractivity contribution in [1.82, 2.24) is 20.2 Å². The summed E-state index contributed by atoms with van der Waals surface area (Å²) in [6.45, 7) is 1.46. The number of aliphatic hydroxyl groups excluding tert-OH is 1. The highest BCUT2D eigenvalue weighted by molar-refractivity contribution is 5.78. The van der Waals surface area contributed by atoms with E-state index >= 15 is 0 Å². The van der Waals surface area contributed by atoms with E-state index in [1.807, 2.05) is 4.90 Å². The van der Waals surface area contributed by atoms with Gasteiger partial charge in [0.15, 0.2) is 0 Å². The molecule has 0 aliphatic carbocycles. The first-order chi connectivity index (χ1) is 12.5. The molecule has 0 spiro atoms. The fourth-order valence-corrected chi connectivity index (χ4v) is 3.23. The van der Waals surface area contributed by atoms with Crippen LogP contribution in [0.1, 0.15) is 12.0 Å². The molecule has 8 nitrogen and oxygen atoms in total. The van der Waals surface area contributed by atoms with Crippen molar-refractivity contribution < 1.29 is 24.1 Å². The third kappa shape index (κ3) is 4.00. The Balaban J connectivity index is 1.70. The molecule has 140 valence electrons. The summed E-state index contributed by atoms with van der Waals surface area (Å²) in [6, 6.07) is 2.93. The first-order valence-electron chi connectivity index (χ1n) is 8.36. The summed E-state index contributed by atoms with van der Waals surface area (Å²) in [5.74, 6) is -0.0386. The zero-order chi connectivity index (χ0) is 18.7. The van der Waals surface area contributed by atoms with Crippen molar-refractivity contribution in [1.29, 1.82) is 0 Å². The number of piperidine rings is 1. The van der Waals surface area contributed by atoms with Crippen molar-refractivity contribution in [2.24, 2.45) is 0 Å². The Hall–Kier alpha value is -2.52.